The van der Waals surface area contributed by atoms with Crippen molar-refractivity contribution in [3.8, 4) is 6.01 Å². The van der Waals surface area contributed by atoms with Crippen molar-refractivity contribution in [3.63, 3.8) is 0 Å². The van der Waals surface area contributed by atoms with Gasteiger partial charge >= 0.3 is 6.01 Å². The van der Waals surface area contributed by atoms with Gasteiger partial charge in [-0.2, -0.15) is 15.0 Å². The maximum Gasteiger partial charge on any atom is 0.323 e. The Morgan fingerprint density at radius 2 is 1.05 bits per heavy atom. The number of rotatable bonds is 18. The summed E-state index contributed by atoms with van der Waals surface area (Å²) in [6.45, 7) is 31.4. The Hall–Kier alpha value is -2.80. The Morgan fingerprint density at radius 3 is 1.45 bits per heavy atom. The second kappa shape index (κ2) is 21.1. The van der Waals surface area contributed by atoms with E-state index in [1.54, 1.807) is 10.4 Å². The fraction of sp³-hybridized carbons (Fsp3) is 0.700. The van der Waals surface area contributed by atoms with Gasteiger partial charge in [0.2, 0.25) is 11.9 Å². The van der Waals surface area contributed by atoms with Crippen molar-refractivity contribution in [2.75, 3.05) is 43.6 Å². The molecule has 0 amide bonds. The molecule has 0 N–H and O–H groups in total. The van der Waals surface area contributed by atoms with Crippen LogP contribution in [0.5, 0.6) is 6.01 Å². The third-order valence-corrected chi connectivity index (χ3v) is 29.8. The van der Waals surface area contributed by atoms with Crippen LogP contribution in [-0.4, -0.2) is 109 Å². The predicted molar refractivity (Wildman–Crippen MR) is 267 cm³/mol. The van der Waals surface area contributed by atoms with Gasteiger partial charge in [0.15, 0.2) is 0 Å². The normalized spacial score (nSPS) is 20.6. The summed E-state index contributed by atoms with van der Waals surface area (Å²) in [7, 11) is 1.50. The van der Waals surface area contributed by atoms with Gasteiger partial charge in [-0.15, -0.1) is 0 Å². The number of anilines is 2. The smallest absolute Gasteiger partial charge is 0.323 e. The first-order chi connectivity index (χ1) is 27.3. The monoisotopic (exact) mass is 860 g/mol. The van der Waals surface area contributed by atoms with Crippen LogP contribution in [0.25, 0.3) is 0 Å². The van der Waals surface area contributed by atoms with Crippen molar-refractivity contribution in [2.45, 2.75) is 195 Å². The van der Waals surface area contributed by atoms with Crippen LogP contribution in [0, 0.1) is 0 Å². The number of benzene rings is 2. The zero-order valence-corrected chi connectivity index (χ0v) is 41.4. The van der Waals surface area contributed by atoms with Gasteiger partial charge in [0, 0.05) is 47.3 Å². The first-order valence-electron chi connectivity index (χ1n) is 22.8. The van der Waals surface area contributed by atoms with Crippen molar-refractivity contribution in [1.82, 2.24) is 24.8 Å². The van der Waals surface area contributed by atoms with Gasteiger partial charge in [-0.05, 0) is 114 Å². The number of ether oxygens (including phenoxy) is 1. The van der Waals surface area contributed by atoms with E-state index in [1.165, 1.54) is 6.04 Å². The highest BCUT2D eigenvalue weighted by molar-refractivity contribution is 7.42. The molecule has 2 aromatic carbocycles. The lowest BCUT2D eigenvalue weighted by Gasteiger charge is -2.56. The summed E-state index contributed by atoms with van der Waals surface area (Å²) in [5, 5.41) is 3.13. The van der Waals surface area contributed by atoms with Crippen molar-refractivity contribution in [3.05, 3.63) is 60.7 Å². The van der Waals surface area contributed by atoms with Crippen LogP contribution in [0.3, 0.4) is 0 Å². The number of likely N-dealkylation sites (tertiary alicyclic amines) is 2. The van der Waals surface area contributed by atoms with E-state index in [0.29, 0.717) is 24.7 Å². The van der Waals surface area contributed by atoms with Crippen LogP contribution in [0.4, 0.5) is 11.9 Å². The predicted octanol–water partition coefficient (Wildman–Crippen LogP) is 10.3. The molecular formula is C50H89N7OSi2. The Balaban J connectivity index is 0.00000480. The molecule has 0 saturated carbocycles. The number of hydrogen-bond acceptors (Lipinski definition) is 8. The summed E-state index contributed by atoms with van der Waals surface area (Å²) in [6, 6.07) is 25.0. The SMILES string of the molecule is C.C.CCCCN(c1nc(OCCC[Si](C)(c2ccccc2)[SiH](C)c2ccccc2)nc(N(CCCC)C2CC(C)(C)N(C)C(C)(C)C2)n1)C1CC(C)(C)N(C)C(C)(C)C1. The highest BCUT2D eigenvalue weighted by atomic mass is 29.2. The second-order valence-electron chi connectivity index (χ2n) is 20.7. The average molecular weight is 860 g/mol. The zero-order valence-electron chi connectivity index (χ0n) is 39.2. The number of aromatic nitrogens is 3. The molecule has 0 bridgehead atoms. The molecule has 0 aliphatic carbocycles. The summed E-state index contributed by atoms with van der Waals surface area (Å²) >= 11 is 0. The van der Waals surface area contributed by atoms with Gasteiger partial charge < -0.3 is 14.5 Å². The van der Waals surface area contributed by atoms with E-state index in [0.717, 1.165) is 82.8 Å². The summed E-state index contributed by atoms with van der Waals surface area (Å²) in [5.41, 5.74) is 0.167. The lowest BCUT2D eigenvalue weighted by Crippen LogP contribution is -2.63. The van der Waals surface area contributed by atoms with E-state index in [9.17, 15) is 0 Å². The topological polar surface area (TPSA) is 60.9 Å². The first kappa shape index (κ1) is 51.6. The van der Waals surface area contributed by atoms with Crippen LogP contribution >= 0.6 is 0 Å². The number of hydrogen-bond donors (Lipinski definition) is 0. The van der Waals surface area contributed by atoms with Gasteiger partial charge in [0.05, 0.1) is 22.5 Å². The molecule has 2 saturated heterocycles. The molecular weight excluding hydrogens is 771 g/mol. The minimum absolute atomic E-state index is 0. The van der Waals surface area contributed by atoms with Crippen molar-refractivity contribution in [1.29, 1.82) is 0 Å². The molecule has 1 aromatic heterocycles. The fourth-order valence-electron chi connectivity index (χ4n) is 10.4. The molecule has 2 atom stereocenters. The summed E-state index contributed by atoms with van der Waals surface area (Å²) in [5.74, 6) is 1.58. The van der Waals surface area contributed by atoms with Gasteiger partial charge in [-0.3, -0.25) is 9.80 Å². The van der Waals surface area contributed by atoms with Crippen LogP contribution in [0.15, 0.2) is 60.7 Å². The Bertz CT molecular complexity index is 1630. The Labute approximate surface area is 371 Å². The Morgan fingerprint density at radius 1 is 0.650 bits per heavy atom. The Kier molecular flexibility index (Phi) is 18.1. The van der Waals surface area contributed by atoms with Gasteiger partial charge in [-0.1, -0.05) is 132 Å². The quantitative estimate of drug-likeness (QED) is 0.0926. The van der Waals surface area contributed by atoms with Crippen molar-refractivity contribution >= 4 is 38.2 Å². The first-order valence-corrected chi connectivity index (χ1v) is 29.0. The van der Waals surface area contributed by atoms with Crippen LogP contribution in [0.2, 0.25) is 19.1 Å². The van der Waals surface area contributed by atoms with Crippen LogP contribution in [-0.2, 0) is 0 Å². The van der Waals surface area contributed by atoms with E-state index in [4.69, 9.17) is 19.7 Å². The van der Waals surface area contributed by atoms with Crippen molar-refractivity contribution in [2.24, 2.45) is 0 Å². The van der Waals surface area contributed by atoms with Gasteiger partial charge in [-0.25, -0.2) is 0 Å². The molecule has 338 valence electrons. The molecule has 10 heteroatoms. The van der Waals surface area contributed by atoms with E-state index in [-0.39, 0.29) is 37.0 Å². The van der Waals surface area contributed by atoms with E-state index in [1.807, 2.05) is 0 Å². The highest BCUT2D eigenvalue weighted by Crippen LogP contribution is 2.42. The molecule has 5 rings (SSSR count). The lowest BCUT2D eigenvalue weighted by atomic mass is 9.77. The van der Waals surface area contributed by atoms with Gasteiger partial charge in [0.1, 0.15) is 0 Å². The zero-order chi connectivity index (χ0) is 42.5. The van der Waals surface area contributed by atoms with Gasteiger partial charge in [0.25, 0.3) is 0 Å². The molecule has 8 nitrogen and oxygen atoms in total. The van der Waals surface area contributed by atoms with Crippen LogP contribution < -0.4 is 24.9 Å². The summed E-state index contributed by atoms with van der Waals surface area (Å²) < 4.78 is 6.79. The maximum absolute atomic E-state index is 6.79. The summed E-state index contributed by atoms with van der Waals surface area (Å²) in [6.07, 6.45) is 9.61. The second-order valence-corrected chi connectivity index (χ2v) is 33.1. The molecule has 2 unspecified atom stereocenters. The average Bonchev–Trinajstić information content (AvgIpc) is 3.18. The molecule has 3 aromatic rings. The third kappa shape index (κ3) is 11.8. The molecule has 2 aliphatic rings. The molecule has 2 fully saturated rings. The standard InChI is InChI=1S/C48H81N7OSi2.2CH4/c1-15-17-30-54(38-34-45(3,4)52(11)46(5,6)35-38)42-49-43(55(31-18-16-2)39-36-47(7,8)53(12)48(9,10)37-39)51-44(50-42)56-32-25-33-58(14,41-28-23-20-24-29-41)57(13)40-26-21-19-22-27-40;;/h19-24,26-29,38-39,57H,15-18,25,30-37H2,1-14H3;2*1H4. The number of nitrogens with zero attached hydrogens (tertiary/aromatic N) is 7. The van der Waals surface area contributed by atoms with E-state index >= 15 is 0 Å². The molecule has 0 radical (unpaired) electrons. The van der Waals surface area contributed by atoms with E-state index in [2.05, 4.69) is 177 Å². The highest BCUT2D eigenvalue weighted by Gasteiger charge is 2.47. The number of unbranched alkanes of at least 4 members (excludes halogenated alkanes) is 2. The number of piperidine rings is 2. The summed E-state index contributed by atoms with van der Waals surface area (Å²) in [4.78, 5) is 26.3. The third-order valence-electron chi connectivity index (χ3n) is 14.8. The molecule has 3 heterocycles. The molecule has 0 spiro atoms. The van der Waals surface area contributed by atoms with E-state index < -0.39 is 15.9 Å². The van der Waals surface area contributed by atoms with Crippen molar-refractivity contribution < 1.29 is 4.74 Å². The lowest BCUT2D eigenvalue weighted by molar-refractivity contribution is -0.0130. The maximum atomic E-state index is 6.79. The minimum Gasteiger partial charge on any atom is -0.463 e. The largest absolute Gasteiger partial charge is 0.463 e. The minimum atomic E-state index is -1.83. The fourth-order valence-corrected chi connectivity index (χ4v) is 21.8. The molecule has 60 heavy (non-hydrogen) atoms. The molecule has 2 aliphatic heterocycles. The van der Waals surface area contributed by atoms with Crippen LogP contribution in [0.1, 0.15) is 142 Å².